The van der Waals surface area contributed by atoms with Crippen molar-refractivity contribution in [2.75, 3.05) is 18.2 Å². The Bertz CT molecular complexity index is 982. The van der Waals surface area contributed by atoms with E-state index in [0.717, 1.165) is 16.8 Å². The lowest BCUT2D eigenvalue weighted by Gasteiger charge is -2.06. The Morgan fingerprint density at radius 3 is 2.70 bits per heavy atom. The van der Waals surface area contributed by atoms with Gasteiger partial charge in [-0.05, 0) is 48.0 Å². The summed E-state index contributed by atoms with van der Waals surface area (Å²) < 4.78 is 5.11. The Balaban J connectivity index is 1.69. The van der Waals surface area contributed by atoms with Crippen molar-refractivity contribution >= 4 is 23.4 Å². The number of anilines is 2. The summed E-state index contributed by atoms with van der Waals surface area (Å²) in [6.07, 6.45) is 4.75. The van der Waals surface area contributed by atoms with E-state index in [1.54, 1.807) is 54.7 Å². The number of hydrogen-bond acceptors (Lipinski definition) is 5. The van der Waals surface area contributed by atoms with Gasteiger partial charge in [-0.3, -0.25) is 9.78 Å². The Kier molecular flexibility index (Phi) is 5.37. The molecule has 136 valence electrons. The molecular formula is C21H19N3O3. The lowest BCUT2D eigenvalue weighted by atomic mass is 10.1. The maximum atomic E-state index is 12.0. The van der Waals surface area contributed by atoms with Crippen molar-refractivity contribution in [2.45, 2.75) is 0 Å². The van der Waals surface area contributed by atoms with Crippen LogP contribution >= 0.6 is 0 Å². The first-order valence-electron chi connectivity index (χ1n) is 8.24. The standard InChI is InChI=1S/C21H19N3O3/c1-27-20-12-15(8-10-19(20)25)17-9-6-14(13-23-17)7-11-21(26)24-18-5-3-2-4-16(18)22/h2-13,25H,22H2,1H3,(H,24,26)/b11-7+. The van der Waals surface area contributed by atoms with Crippen LogP contribution in [0.3, 0.4) is 0 Å². The Hall–Kier alpha value is -3.80. The number of hydrogen-bond donors (Lipinski definition) is 3. The largest absolute Gasteiger partial charge is 0.504 e. The van der Waals surface area contributed by atoms with Gasteiger partial charge in [0, 0.05) is 17.8 Å². The van der Waals surface area contributed by atoms with Crippen molar-refractivity contribution in [3.05, 3.63) is 72.4 Å². The summed E-state index contributed by atoms with van der Waals surface area (Å²) in [5.41, 5.74) is 9.21. The smallest absolute Gasteiger partial charge is 0.248 e. The number of rotatable bonds is 5. The van der Waals surface area contributed by atoms with Crippen LogP contribution in [0.5, 0.6) is 11.5 Å². The van der Waals surface area contributed by atoms with Crippen LogP contribution in [-0.4, -0.2) is 23.1 Å². The molecule has 27 heavy (non-hydrogen) atoms. The molecule has 0 fully saturated rings. The van der Waals surface area contributed by atoms with Gasteiger partial charge in [-0.25, -0.2) is 0 Å². The van der Waals surface area contributed by atoms with E-state index in [4.69, 9.17) is 10.5 Å². The van der Waals surface area contributed by atoms with E-state index in [-0.39, 0.29) is 11.7 Å². The van der Waals surface area contributed by atoms with Crippen molar-refractivity contribution in [3.8, 4) is 22.8 Å². The van der Waals surface area contributed by atoms with Crippen LogP contribution in [0, 0.1) is 0 Å². The molecule has 2 aromatic carbocycles. The minimum Gasteiger partial charge on any atom is -0.504 e. The van der Waals surface area contributed by atoms with Crippen molar-refractivity contribution < 1.29 is 14.6 Å². The molecule has 6 nitrogen and oxygen atoms in total. The first-order chi connectivity index (χ1) is 13.1. The number of pyridine rings is 1. The van der Waals surface area contributed by atoms with E-state index in [1.807, 2.05) is 12.1 Å². The molecule has 0 saturated heterocycles. The number of benzene rings is 2. The molecule has 0 bridgehead atoms. The molecule has 1 aromatic heterocycles. The molecule has 0 spiro atoms. The molecule has 3 rings (SSSR count). The fourth-order valence-corrected chi connectivity index (χ4v) is 2.47. The molecule has 3 aromatic rings. The highest BCUT2D eigenvalue weighted by Crippen LogP contribution is 2.30. The van der Waals surface area contributed by atoms with Gasteiger partial charge >= 0.3 is 0 Å². The summed E-state index contributed by atoms with van der Waals surface area (Å²) in [4.78, 5) is 16.4. The van der Waals surface area contributed by atoms with Gasteiger partial charge in [0.15, 0.2) is 11.5 Å². The van der Waals surface area contributed by atoms with Crippen LogP contribution < -0.4 is 15.8 Å². The molecule has 0 atom stereocenters. The first kappa shape index (κ1) is 18.0. The highest BCUT2D eigenvalue weighted by atomic mass is 16.5. The number of aromatic hydroxyl groups is 1. The number of nitrogen functional groups attached to an aromatic ring is 1. The normalized spacial score (nSPS) is 10.7. The Labute approximate surface area is 156 Å². The quantitative estimate of drug-likeness (QED) is 0.475. The lowest BCUT2D eigenvalue weighted by molar-refractivity contribution is -0.111. The van der Waals surface area contributed by atoms with Crippen molar-refractivity contribution in [1.82, 2.24) is 4.98 Å². The number of nitrogens with one attached hydrogen (secondary N) is 1. The molecule has 0 aliphatic rings. The number of carbonyl (C=O) groups excluding carboxylic acids is 1. The SMILES string of the molecule is COc1cc(-c2ccc(/C=C/C(=O)Nc3ccccc3N)cn2)ccc1O. The molecule has 6 heteroatoms. The molecule has 0 radical (unpaired) electrons. The maximum absolute atomic E-state index is 12.0. The predicted octanol–water partition coefficient (Wildman–Crippen LogP) is 3.70. The van der Waals surface area contributed by atoms with E-state index in [1.165, 1.54) is 13.2 Å². The van der Waals surface area contributed by atoms with E-state index < -0.39 is 0 Å². The van der Waals surface area contributed by atoms with Crippen LogP contribution in [0.15, 0.2) is 66.9 Å². The maximum Gasteiger partial charge on any atom is 0.248 e. The zero-order chi connectivity index (χ0) is 19.2. The monoisotopic (exact) mass is 361 g/mol. The predicted molar refractivity (Wildman–Crippen MR) is 106 cm³/mol. The minimum atomic E-state index is -0.278. The average molecular weight is 361 g/mol. The van der Waals surface area contributed by atoms with Crippen LogP contribution in [0.2, 0.25) is 0 Å². The van der Waals surface area contributed by atoms with Gasteiger partial charge in [0.1, 0.15) is 0 Å². The first-order valence-corrected chi connectivity index (χ1v) is 8.24. The average Bonchev–Trinajstić information content (AvgIpc) is 2.69. The molecule has 1 heterocycles. The van der Waals surface area contributed by atoms with Crippen LogP contribution in [0.1, 0.15) is 5.56 Å². The summed E-state index contributed by atoms with van der Waals surface area (Å²) in [5, 5.41) is 12.4. The number of phenols is 1. The van der Waals surface area contributed by atoms with Crippen molar-refractivity contribution in [3.63, 3.8) is 0 Å². The Morgan fingerprint density at radius 1 is 1.19 bits per heavy atom. The second kappa shape index (κ2) is 8.05. The fourth-order valence-electron chi connectivity index (χ4n) is 2.47. The van der Waals surface area contributed by atoms with E-state index >= 15 is 0 Å². The zero-order valence-corrected chi connectivity index (χ0v) is 14.7. The third kappa shape index (κ3) is 4.43. The molecule has 0 saturated carbocycles. The summed E-state index contributed by atoms with van der Waals surface area (Å²) in [6.45, 7) is 0. The second-order valence-electron chi connectivity index (χ2n) is 5.77. The van der Waals surface area contributed by atoms with Crippen molar-refractivity contribution in [2.24, 2.45) is 0 Å². The van der Waals surface area contributed by atoms with E-state index in [2.05, 4.69) is 10.3 Å². The number of para-hydroxylation sites is 2. The lowest BCUT2D eigenvalue weighted by Crippen LogP contribution is -2.09. The molecule has 4 N–H and O–H groups in total. The highest BCUT2D eigenvalue weighted by molar-refractivity contribution is 6.03. The molecular weight excluding hydrogens is 342 g/mol. The zero-order valence-electron chi connectivity index (χ0n) is 14.7. The molecule has 0 aliphatic carbocycles. The highest BCUT2D eigenvalue weighted by Gasteiger charge is 2.06. The number of ether oxygens (including phenoxy) is 1. The number of amides is 1. The Morgan fingerprint density at radius 2 is 2.00 bits per heavy atom. The third-order valence-corrected chi connectivity index (χ3v) is 3.91. The number of phenolic OH excluding ortho intramolecular Hbond substituents is 1. The second-order valence-corrected chi connectivity index (χ2v) is 5.77. The molecule has 0 unspecified atom stereocenters. The number of carbonyl (C=O) groups is 1. The number of aromatic nitrogens is 1. The molecule has 1 amide bonds. The number of nitrogens with zero attached hydrogens (tertiary/aromatic N) is 1. The van der Waals surface area contributed by atoms with E-state index in [9.17, 15) is 9.90 Å². The van der Waals surface area contributed by atoms with Crippen LogP contribution in [0.25, 0.3) is 17.3 Å². The van der Waals surface area contributed by atoms with Gasteiger partial charge in [-0.1, -0.05) is 18.2 Å². The van der Waals surface area contributed by atoms with Crippen LogP contribution in [-0.2, 0) is 4.79 Å². The van der Waals surface area contributed by atoms with Gasteiger partial charge in [0.05, 0.1) is 24.2 Å². The van der Waals surface area contributed by atoms with Gasteiger partial charge in [-0.2, -0.15) is 0 Å². The topological polar surface area (TPSA) is 97.5 Å². The molecule has 0 aliphatic heterocycles. The van der Waals surface area contributed by atoms with Gasteiger partial charge < -0.3 is 20.9 Å². The van der Waals surface area contributed by atoms with Crippen LogP contribution in [0.4, 0.5) is 11.4 Å². The summed E-state index contributed by atoms with van der Waals surface area (Å²) in [6, 6.07) is 15.8. The third-order valence-electron chi connectivity index (χ3n) is 3.91. The number of nitrogens with two attached hydrogens (primary N) is 1. The fraction of sp³-hybridized carbons (Fsp3) is 0.0476. The minimum absolute atomic E-state index is 0.0749. The summed E-state index contributed by atoms with van der Waals surface area (Å²) >= 11 is 0. The summed E-state index contributed by atoms with van der Waals surface area (Å²) in [7, 11) is 1.49. The van der Waals surface area contributed by atoms with Gasteiger partial charge in [0.2, 0.25) is 5.91 Å². The van der Waals surface area contributed by atoms with Gasteiger partial charge in [0.25, 0.3) is 0 Å². The van der Waals surface area contributed by atoms with Crippen molar-refractivity contribution in [1.29, 1.82) is 0 Å². The number of methoxy groups -OCH3 is 1. The summed E-state index contributed by atoms with van der Waals surface area (Å²) in [5.74, 6) is 0.182. The van der Waals surface area contributed by atoms with E-state index in [0.29, 0.717) is 17.1 Å². The van der Waals surface area contributed by atoms with Gasteiger partial charge in [-0.15, -0.1) is 0 Å².